The number of hydrogen-bond acceptors (Lipinski definition) is 3. The highest BCUT2D eigenvalue weighted by Crippen LogP contribution is 2.62. The van der Waals surface area contributed by atoms with E-state index in [-0.39, 0.29) is 6.29 Å². The zero-order valence-corrected chi connectivity index (χ0v) is 17.4. The summed E-state index contributed by atoms with van der Waals surface area (Å²) < 4.78 is 18.3. The predicted molar refractivity (Wildman–Crippen MR) is 108 cm³/mol. The van der Waals surface area contributed by atoms with Crippen LogP contribution in [0.1, 0.15) is 76.0 Å². The highest BCUT2D eigenvalue weighted by Gasteiger charge is 2.57. The first-order valence-electron chi connectivity index (χ1n) is 12.0. The highest BCUT2D eigenvalue weighted by molar-refractivity contribution is 5.23. The Morgan fingerprint density at radius 1 is 0.964 bits per heavy atom. The summed E-state index contributed by atoms with van der Waals surface area (Å²) in [7, 11) is 0. The molecule has 3 saturated carbocycles. The van der Waals surface area contributed by atoms with Gasteiger partial charge >= 0.3 is 0 Å². The van der Waals surface area contributed by atoms with Gasteiger partial charge in [-0.05, 0) is 111 Å². The van der Waals surface area contributed by atoms with Gasteiger partial charge in [0, 0.05) is 13.0 Å². The van der Waals surface area contributed by atoms with Gasteiger partial charge in [-0.15, -0.1) is 0 Å². The maximum Gasteiger partial charge on any atom is 0.157 e. The molecule has 0 spiro atoms. The first-order valence-corrected chi connectivity index (χ1v) is 12.0. The molecule has 0 aromatic carbocycles. The third-order valence-corrected chi connectivity index (χ3v) is 9.63. The molecule has 3 nitrogen and oxygen atoms in total. The van der Waals surface area contributed by atoms with E-state index in [1.807, 2.05) is 6.26 Å². The molecular formula is C25H36O3. The number of fused-ring (bicyclic) bond motifs is 6. The minimum absolute atomic E-state index is 0.0700. The van der Waals surface area contributed by atoms with Crippen molar-refractivity contribution in [2.45, 2.75) is 89.9 Å². The van der Waals surface area contributed by atoms with Crippen molar-refractivity contribution in [2.24, 2.45) is 35.0 Å². The van der Waals surface area contributed by atoms with Crippen LogP contribution in [0.3, 0.4) is 0 Å². The lowest BCUT2D eigenvalue weighted by Crippen LogP contribution is -2.50. The van der Waals surface area contributed by atoms with Crippen molar-refractivity contribution in [3.63, 3.8) is 0 Å². The van der Waals surface area contributed by atoms with Crippen molar-refractivity contribution in [3.05, 3.63) is 23.7 Å². The standard InChI is InChI=1S/C25H36O3/c1-25-11-9-18-19(6-5-16-15-22-17(10-13-26-22)14-20(16)18)21(25)7-8-23(25)28-24-4-2-3-12-27-24/h10,13,16,18-21,23-24H,2-9,11-12,14-15H2,1H3/t16-,18-,19+,20-,21-,23-,24?,25-/m0/s1. The molecule has 28 heavy (non-hydrogen) atoms. The zero-order chi connectivity index (χ0) is 18.7. The van der Waals surface area contributed by atoms with Gasteiger partial charge in [0.15, 0.2) is 6.29 Å². The molecule has 0 amide bonds. The Hall–Kier alpha value is -0.800. The van der Waals surface area contributed by atoms with Crippen LogP contribution in [0.5, 0.6) is 0 Å². The Kier molecular flexibility index (Phi) is 4.42. The van der Waals surface area contributed by atoms with Crippen LogP contribution in [0.4, 0.5) is 0 Å². The smallest absolute Gasteiger partial charge is 0.157 e. The van der Waals surface area contributed by atoms with Crippen LogP contribution in [0, 0.1) is 35.0 Å². The van der Waals surface area contributed by atoms with Gasteiger partial charge in [0.2, 0.25) is 0 Å². The lowest BCUT2D eigenvalue weighted by Gasteiger charge is -2.55. The molecule has 1 aromatic rings. The molecule has 0 radical (unpaired) electrons. The summed E-state index contributed by atoms with van der Waals surface area (Å²) in [5, 5.41) is 0. The second-order valence-corrected chi connectivity index (χ2v) is 10.8. The average molecular weight is 385 g/mol. The quantitative estimate of drug-likeness (QED) is 0.650. The Bertz CT molecular complexity index is 704. The minimum atomic E-state index is 0.0700. The van der Waals surface area contributed by atoms with E-state index < -0.39 is 0 Å². The second-order valence-electron chi connectivity index (χ2n) is 10.8. The summed E-state index contributed by atoms with van der Waals surface area (Å²) in [4.78, 5) is 0. The van der Waals surface area contributed by atoms with E-state index in [0.717, 1.165) is 42.6 Å². The predicted octanol–water partition coefficient (Wildman–Crippen LogP) is 5.76. The van der Waals surface area contributed by atoms with Crippen LogP contribution in [0.25, 0.3) is 0 Å². The van der Waals surface area contributed by atoms with Crippen LogP contribution in [0.2, 0.25) is 0 Å². The third-order valence-electron chi connectivity index (χ3n) is 9.63. The molecule has 3 heteroatoms. The molecule has 5 aliphatic rings. The van der Waals surface area contributed by atoms with E-state index in [0.29, 0.717) is 11.5 Å². The zero-order valence-electron chi connectivity index (χ0n) is 17.4. The first-order chi connectivity index (χ1) is 13.7. The molecule has 0 N–H and O–H groups in total. The monoisotopic (exact) mass is 384 g/mol. The molecule has 4 fully saturated rings. The molecular weight excluding hydrogens is 348 g/mol. The molecule has 6 rings (SSSR count). The van der Waals surface area contributed by atoms with Gasteiger partial charge in [-0.2, -0.15) is 0 Å². The van der Waals surface area contributed by atoms with Crippen LogP contribution in [0.15, 0.2) is 16.7 Å². The molecule has 1 aromatic heterocycles. The van der Waals surface area contributed by atoms with Crippen molar-refractivity contribution < 1.29 is 13.9 Å². The Balaban J connectivity index is 1.20. The maximum atomic E-state index is 6.61. The van der Waals surface area contributed by atoms with Crippen molar-refractivity contribution in [3.8, 4) is 0 Å². The summed E-state index contributed by atoms with van der Waals surface area (Å²) in [6.07, 6.45) is 16.7. The lowest BCUT2D eigenvalue weighted by molar-refractivity contribution is -0.215. The molecule has 1 aliphatic heterocycles. The first kappa shape index (κ1) is 18.0. The van der Waals surface area contributed by atoms with Crippen molar-refractivity contribution >= 4 is 0 Å². The van der Waals surface area contributed by atoms with Crippen LogP contribution >= 0.6 is 0 Å². The summed E-state index contributed by atoms with van der Waals surface area (Å²) in [5.74, 6) is 5.79. The molecule has 2 heterocycles. The van der Waals surface area contributed by atoms with Gasteiger partial charge in [0.1, 0.15) is 5.76 Å². The summed E-state index contributed by atoms with van der Waals surface area (Å²) in [6.45, 7) is 3.46. The van der Waals surface area contributed by atoms with Gasteiger partial charge in [-0.1, -0.05) is 6.92 Å². The van der Waals surface area contributed by atoms with E-state index in [1.54, 1.807) is 0 Å². The Morgan fingerprint density at radius 3 is 2.82 bits per heavy atom. The number of hydrogen-bond donors (Lipinski definition) is 0. The van der Waals surface area contributed by atoms with Gasteiger partial charge in [-0.3, -0.25) is 0 Å². The second kappa shape index (κ2) is 6.87. The molecule has 1 saturated heterocycles. The summed E-state index contributed by atoms with van der Waals surface area (Å²) in [6, 6.07) is 2.24. The van der Waals surface area contributed by atoms with E-state index in [4.69, 9.17) is 13.9 Å². The summed E-state index contributed by atoms with van der Waals surface area (Å²) in [5.41, 5.74) is 1.89. The van der Waals surface area contributed by atoms with Crippen LogP contribution in [-0.4, -0.2) is 19.0 Å². The Morgan fingerprint density at radius 2 is 1.93 bits per heavy atom. The number of ether oxygens (including phenoxy) is 2. The molecule has 4 aliphatic carbocycles. The minimum Gasteiger partial charge on any atom is -0.469 e. The SMILES string of the molecule is C[C@]12CC[C@H]3[C@@H](CC[C@H]4Cc5occc5C[C@@H]43)[C@@H]1CC[C@@H]2OC1CCCCO1. The van der Waals surface area contributed by atoms with Crippen molar-refractivity contribution in [1.29, 1.82) is 0 Å². The number of furan rings is 1. The Labute approximate surface area is 169 Å². The molecule has 0 bridgehead atoms. The average Bonchev–Trinajstić information content (AvgIpc) is 3.31. The van der Waals surface area contributed by atoms with E-state index in [1.165, 1.54) is 75.5 Å². The van der Waals surface area contributed by atoms with Gasteiger partial charge < -0.3 is 13.9 Å². The summed E-state index contributed by atoms with van der Waals surface area (Å²) >= 11 is 0. The molecule has 8 atom stereocenters. The van der Waals surface area contributed by atoms with Gasteiger partial charge in [-0.25, -0.2) is 0 Å². The largest absolute Gasteiger partial charge is 0.469 e. The fourth-order valence-corrected chi connectivity index (χ4v) is 8.20. The third kappa shape index (κ3) is 2.75. The van der Waals surface area contributed by atoms with Crippen LogP contribution in [-0.2, 0) is 22.3 Å². The fourth-order valence-electron chi connectivity index (χ4n) is 8.20. The van der Waals surface area contributed by atoms with Crippen LogP contribution < -0.4 is 0 Å². The topological polar surface area (TPSA) is 31.6 Å². The van der Waals surface area contributed by atoms with E-state index >= 15 is 0 Å². The van der Waals surface area contributed by atoms with E-state index in [9.17, 15) is 0 Å². The molecule has 1 unspecified atom stereocenters. The normalized spacial score (nSPS) is 47.7. The molecule has 154 valence electrons. The maximum absolute atomic E-state index is 6.61. The highest BCUT2D eigenvalue weighted by atomic mass is 16.7. The van der Waals surface area contributed by atoms with Crippen molar-refractivity contribution in [1.82, 2.24) is 0 Å². The van der Waals surface area contributed by atoms with E-state index in [2.05, 4.69) is 13.0 Å². The van der Waals surface area contributed by atoms with Gasteiger partial charge in [0.05, 0.1) is 12.4 Å². The lowest BCUT2D eigenvalue weighted by atomic mass is 9.50. The fraction of sp³-hybridized carbons (Fsp3) is 0.840. The number of rotatable bonds is 2. The van der Waals surface area contributed by atoms with Gasteiger partial charge in [0.25, 0.3) is 0 Å². The van der Waals surface area contributed by atoms with Crippen molar-refractivity contribution in [2.75, 3.05) is 6.61 Å².